The summed E-state index contributed by atoms with van der Waals surface area (Å²) in [4.78, 5) is 56.7. The number of benzene rings is 2. The molecule has 0 aliphatic carbocycles. The molecule has 0 radical (unpaired) electrons. The van der Waals surface area contributed by atoms with Crippen molar-refractivity contribution in [2.75, 3.05) is 44.7 Å². The number of halogens is 2. The van der Waals surface area contributed by atoms with Crippen LogP contribution < -0.4 is 15.0 Å². The summed E-state index contributed by atoms with van der Waals surface area (Å²) in [6, 6.07) is 12.8. The van der Waals surface area contributed by atoms with Gasteiger partial charge in [-0.05, 0) is 48.5 Å². The van der Waals surface area contributed by atoms with E-state index < -0.39 is 23.8 Å². The number of piperazine rings is 1. The van der Waals surface area contributed by atoms with Gasteiger partial charge < -0.3 is 24.8 Å². The summed E-state index contributed by atoms with van der Waals surface area (Å²) in [5.41, 5.74) is 1.88. The van der Waals surface area contributed by atoms with Gasteiger partial charge in [-0.25, -0.2) is 28.7 Å². The summed E-state index contributed by atoms with van der Waals surface area (Å²) < 4.78 is 25.0. The Kier molecular flexibility index (Phi) is 9.18. The Morgan fingerprint density at radius 3 is 2.56 bits per heavy atom. The van der Waals surface area contributed by atoms with Crippen LogP contribution in [-0.2, 0) is 9.53 Å². The molecule has 2 fully saturated rings. The molecule has 5 heterocycles. The number of hydrogen-bond donors (Lipinski definition) is 2. The highest BCUT2D eigenvalue weighted by Gasteiger charge is 2.42. The number of urea groups is 1. The van der Waals surface area contributed by atoms with Crippen LogP contribution in [0.5, 0.6) is 11.5 Å². The van der Waals surface area contributed by atoms with E-state index in [0.29, 0.717) is 72.0 Å². The summed E-state index contributed by atoms with van der Waals surface area (Å²) >= 11 is 7.87. The predicted octanol–water partition coefficient (Wildman–Crippen LogP) is 4.97. The summed E-state index contributed by atoms with van der Waals surface area (Å²) in [7, 11) is 1.29. The third-order valence-electron chi connectivity index (χ3n) is 8.58. The van der Waals surface area contributed by atoms with Crippen molar-refractivity contribution in [1.29, 1.82) is 0 Å². The summed E-state index contributed by atoms with van der Waals surface area (Å²) in [5.74, 6) is -0.890. The number of nitrogens with one attached hydrogen (secondary N) is 1. The maximum atomic E-state index is 14.0. The number of carbonyl (C=O) groups is 3. The van der Waals surface area contributed by atoms with Gasteiger partial charge >= 0.3 is 18.0 Å². The Bertz CT molecular complexity index is 2010. The molecule has 16 heteroatoms. The average Bonchev–Trinajstić information content (AvgIpc) is 3.77. The largest absolute Gasteiger partial charge is 0.477 e. The Balaban J connectivity index is 1.09. The van der Waals surface area contributed by atoms with Crippen LogP contribution in [0.15, 0.2) is 88.6 Å². The van der Waals surface area contributed by atoms with Crippen LogP contribution >= 0.6 is 22.9 Å². The highest BCUT2D eigenvalue weighted by molar-refractivity contribution is 7.11. The molecule has 7 rings (SSSR count). The van der Waals surface area contributed by atoms with E-state index >= 15 is 0 Å². The number of aliphatic imine (C=N–C) groups is 1. The molecular formula is C34H29ClFN7O6S. The molecule has 2 saturated heterocycles. The molecule has 2 aromatic heterocycles. The van der Waals surface area contributed by atoms with Gasteiger partial charge in [0.1, 0.15) is 29.1 Å². The number of methoxy groups -OCH3 is 1. The molecular weight excluding hydrogens is 689 g/mol. The lowest BCUT2D eigenvalue weighted by Crippen LogP contribution is -2.53. The number of thiazole rings is 1. The number of pyridine rings is 1. The second kappa shape index (κ2) is 13.9. The number of hydrogen-bond acceptors (Lipinski definition) is 11. The van der Waals surface area contributed by atoms with E-state index in [0.717, 1.165) is 0 Å². The summed E-state index contributed by atoms with van der Waals surface area (Å²) in [6.07, 6.45) is 2.99. The monoisotopic (exact) mass is 717 g/mol. The maximum Gasteiger partial charge on any atom is 0.354 e. The van der Waals surface area contributed by atoms with Gasteiger partial charge in [0.05, 0.1) is 24.9 Å². The van der Waals surface area contributed by atoms with Gasteiger partial charge in [-0.1, -0.05) is 17.7 Å². The lowest BCUT2D eigenvalue weighted by Gasteiger charge is -2.38. The van der Waals surface area contributed by atoms with Crippen molar-refractivity contribution in [2.45, 2.75) is 12.1 Å². The normalized spacial score (nSPS) is 19.2. The Morgan fingerprint density at radius 2 is 1.88 bits per heavy atom. The van der Waals surface area contributed by atoms with Gasteiger partial charge in [-0.2, -0.15) is 0 Å². The zero-order valence-corrected chi connectivity index (χ0v) is 28.0. The number of fused-ring (bicyclic) bond motifs is 1. The molecule has 2 N–H and O–H groups in total. The average molecular weight is 718 g/mol. The first-order valence-corrected chi connectivity index (χ1v) is 16.7. The number of aromatic carboxylic acids is 1. The Hall–Kier alpha value is -5.38. The molecule has 2 amide bonds. The number of ether oxygens (including phenoxy) is 2. The van der Waals surface area contributed by atoms with Crippen molar-refractivity contribution in [3.8, 4) is 11.5 Å². The molecule has 256 valence electrons. The minimum Gasteiger partial charge on any atom is -0.477 e. The zero-order valence-electron chi connectivity index (χ0n) is 26.5. The Labute approximate surface area is 294 Å². The molecule has 4 aromatic rings. The molecule has 2 aromatic carbocycles. The van der Waals surface area contributed by atoms with E-state index in [-0.39, 0.29) is 28.4 Å². The highest BCUT2D eigenvalue weighted by Crippen LogP contribution is 2.37. The number of nitrogens with zero attached hydrogens (tertiary/aromatic N) is 6. The van der Waals surface area contributed by atoms with Crippen LogP contribution in [0.1, 0.15) is 27.1 Å². The SMILES string of the molecule is COC(=O)C1=C(CN2CCN3C(=O)N(c4ccc(Oc5ccc(C(=O)O)nc5)cc4)C[C@@H]3C2)NC(c2nccs2)=N[C@H]1c1ccc(F)cc1Cl. The number of amidine groups is 1. The molecule has 3 aliphatic rings. The lowest BCUT2D eigenvalue weighted by atomic mass is 9.95. The van der Waals surface area contributed by atoms with Crippen molar-refractivity contribution in [3.05, 3.63) is 111 Å². The number of carbonyl (C=O) groups excluding carboxylic acids is 2. The van der Waals surface area contributed by atoms with Gasteiger partial charge in [0.15, 0.2) is 10.8 Å². The van der Waals surface area contributed by atoms with E-state index in [4.69, 9.17) is 31.2 Å². The first-order chi connectivity index (χ1) is 24.2. The van der Waals surface area contributed by atoms with Gasteiger partial charge in [0.2, 0.25) is 0 Å². The van der Waals surface area contributed by atoms with Crippen LogP contribution in [0.3, 0.4) is 0 Å². The number of amides is 2. The molecule has 0 spiro atoms. The molecule has 0 bridgehead atoms. The Morgan fingerprint density at radius 1 is 1.08 bits per heavy atom. The molecule has 0 unspecified atom stereocenters. The van der Waals surface area contributed by atoms with Crippen LogP contribution in [0.2, 0.25) is 5.02 Å². The van der Waals surface area contributed by atoms with Crippen molar-refractivity contribution in [2.24, 2.45) is 4.99 Å². The van der Waals surface area contributed by atoms with E-state index in [1.807, 2.05) is 10.3 Å². The third kappa shape index (κ3) is 6.62. The fourth-order valence-electron chi connectivity index (χ4n) is 6.22. The number of aromatic nitrogens is 2. The van der Waals surface area contributed by atoms with Crippen molar-refractivity contribution >= 4 is 52.4 Å². The first-order valence-electron chi connectivity index (χ1n) is 15.5. The van der Waals surface area contributed by atoms with E-state index in [2.05, 4.69) is 20.2 Å². The molecule has 13 nitrogen and oxygen atoms in total. The van der Waals surface area contributed by atoms with Gasteiger partial charge in [0.25, 0.3) is 0 Å². The quantitative estimate of drug-likeness (QED) is 0.228. The minimum absolute atomic E-state index is 0.0840. The molecule has 0 saturated carbocycles. The molecule has 3 aliphatic heterocycles. The smallest absolute Gasteiger partial charge is 0.354 e. The maximum absolute atomic E-state index is 14.0. The van der Waals surface area contributed by atoms with E-state index in [1.54, 1.807) is 35.4 Å². The summed E-state index contributed by atoms with van der Waals surface area (Å²) in [6.45, 7) is 2.32. The number of esters is 1. The van der Waals surface area contributed by atoms with Crippen molar-refractivity contribution in [3.63, 3.8) is 0 Å². The second-order valence-corrected chi connectivity index (χ2v) is 12.9. The zero-order chi connectivity index (χ0) is 34.9. The van der Waals surface area contributed by atoms with E-state index in [1.165, 1.54) is 55.0 Å². The number of carboxylic acids is 1. The van der Waals surface area contributed by atoms with Crippen molar-refractivity contribution < 1.29 is 33.4 Å². The van der Waals surface area contributed by atoms with E-state index in [9.17, 15) is 18.8 Å². The fraction of sp³-hybridized carbons (Fsp3) is 0.235. The van der Waals surface area contributed by atoms with Gasteiger partial charge in [-0.3, -0.25) is 14.8 Å². The number of rotatable bonds is 9. The van der Waals surface area contributed by atoms with Crippen LogP contribution in [0.4, 0.5) is 14.9 Å². The minimum atomic E-state index is -1.12. The molecule has 50 heavy (non-hydrogen) atoms. The number of carboxylic acid groups (broad SMARTS) is 1. The topological polar surface area (TPSA) is 150 Å². The third-order valence-corrected chi connectivity index (χ3v) is 9.69. The van der Waals surface area contributed by atoms with Crippen molar-refractivity contribution in [1.82, 2.24) is 25.1 Å². The van der Waals surface area contributed by atoms with Gasteiger partial charge in [0, 0.05) is 66.3 Å². The number of anilines is 1. The fourth-order valence-corrected chi connectivity index (χ4v) is 7.08. The lowest BCUT2D eigenvalue weighted by molar-refractivity contribution is -0.136. The van der Waals surface area contributed by atoms with Crippen LogP contribution in [-0.4, -0.2) is 94.6 Å². The van der Waals surface area contributed by atoms with Crippen LogP contribution in [0.25, 0.3) is 0 Å². The molecule has 2 atom stereocenters. The highest BCUT2D eigenvalue weighted by atomic mass is 35.5. The first kappa shape index (κ1) is 33.1. The van der Waals surface area contributed by atoms with Crippen LogP contribution in [0, 0.1) is 5.82 Å². The van der Waals surface area contributed by atoms with Gasteiger partial charge in [-0.15, -0.1) is 11.3 Å². The summed E-state index contributed by atoms with van der Waals surface area (Å²) in [5, 5.41) is 14.9. The standard InChI is InChI=1S/C34H29ClFN7O6S/c1-48-33(46)28-27(39-30(31-37-10-13-50-31)40-29(28)24-8-2-19(36)14-25(24)35)18-41-11-12-42-21(16-41)17-43(34(42)47)20-3-5-22(6-4-20)49-23-7-9-26(32(44)45)38-15-23/h2-10,13-15,21,29H,11-12,16-18H2,1H3,(H,39,40)(H,44,45)/t21-,29-/m0/s1. The predicted molar refractivity (Wildman–Crippen MR) is 182 cm³/mol. The second-order valence-electron chi connectivity index (χ2n) is 11.6.